The SMILES string of the molecule is O=C(CCc1nc2ccccc2s1)NCC12CC3CC(CC(C3)C1)C2. The second kappa shape index (κ2) is 6.08. The number of aryl methyl sites for hydroxylation is 1. The van der Waals surface area contributed by atoms with Gasteiger partial charge in [-0.3, -0.25) is 4.79 Å². The third-order valence-electron chi connectivity index (χ3n) is 6.73. The van der Waals surface area contributed by atoms with E-state index in [1.165, 1.54) is 43.2 Å². The van der Waals surface area contributed by atoms with Gasteiger partial charge in [-0.1, -0.05) is 12.1 Å². The van der Waals surface area contributed by atoms with Crippen molar-refractivity contribution >= 4 is 27.5 Å². The molecule has 4 bridgehead atoms. The number of amides is 1. The highest BCUT2D eigenvalue weighted by atomic mass is 32.1. The number of para-hydroxylation sites is 1. The summed E-state index contributed by atoms with van der Waals surface area (Å²) in [4.78, 5) is 17.0. The normalized spacial score (nSPS) is 33.0. The standard InChI is InChI=1S/C21H26N2OS/c24-19(5-6-20-23-17-3-1-2-4-18(17)25-20)22-13-21-10-14-7-15(11-21)9-16(8-14)12-21/h1-4,14-16H,5-13H2,(H,22,24). The fourth-order valence-electron chi connectivity index (χ4n) is 6.13. The number of carbonyl (C=O) groups is 1. The zero-order valence-electron chi connectivity index (χ0n) is 14.7. The van der Waals surface area contributed by atoms with E-state index >= 15 is 0 Å². The molecule has 0 unspecified atom stereocenters. The van der Waals surface area contributed by atoms with Crippen LogP contribution in [0.1, 0.15) is 50.0 Å². The lowest BCUT2D eigenvalue weighted by Gasteiger charge is -2.56. The molecule has 2 aromatic rings. The van der Waals surface area contributed by atoms with Crippen LogP contribution in [0, 0.1) is 23.2 Å². The van der Waals surface area contributed by atoms with Gasteiger partial charge in [0.15, 0.2) is 0 Å². The van der Waals surface area contributed by atoms with Gasteiger partial charge in [0, 0.05) is 19.4 Å². The Bertz CT molecular complexity index is 728. The van der Waals surface area contributed by atoms with E-state index in [2.05, 4.69) is 16.4 Å². The minimum Gasteiger partial charge on any atom is -0.356 e. The molecule has 4 aliphatic rings. The van der Waals surface area contributed by atoms with E-state index in [1.54, 1.807) is 11.3 Å². The number of benzene rings is 1. The van der Waals surface area contributed by atoms with Crippen molar-refractivity contribution in [3.8, 4) is 0 Å². The average Bonchev–Trinajstić information content (AvgIpc) is 3.00. The van der Waals surface area contributed by atoms with Gasteiger partial charge in [-0.15, -0.1) is 11.3 Å². The number of carbonyl (C=O) groups excluding carboxylic acids is 1. The molecule has 1 aromatic carbocycles. The maximum atomic E-state index is 12.4. The van der Waals surface area contributed by atoms with Crippen LogP contribution in [0.25, 0.3) is 10.2 Å². The third kappa shape index (κ3) is 3.10. The molecule has 4 fully saturated rings. The number of fused-ring (bicyclic) bond motifs is 1. The summed E-state index contributed by atoms with van der Waals surface area (Å²) in [6.45, 7) is 0.912. The first-order chi connectivity index (χ1) is 12.2. The quantitative estimate of drug-likeness (QED) is 0.855. The minimum atomic E-state index is 0.204. The summed E-state index contributed by atoms with van der Waals surface area (Å²) < 4.78 is 1.21. The van der Waals surface area contributed by atoms with E-state index in [-0.39, 0.29) is 5.91 Å². The van der Waals surface area contributed by atoms with Crippen LogP contribution in [0.4, 0.5) is 0 Å². The van der Waals surface area contributed by atoms with Gasteiger partial charge in [-0.05, 0) is 73.8 Å². The average molecular weight is 355 g/mol. The van der Waals surface area contributed by atoms with E-state index in [0.717, 1.165) is 41.2 Å². The van der Waals surface area contributed by atoms with Crippen molar-refractivity contribution in [2.24, 2.45) is 23.2 Å². The van der Waals surface area contributed by atoms with Crippen molar-refractivity contribution in [2.45, 2.75) is 51.4 Å². The fourth-order valence-corrected chi connectivity index (χ4v) is 7.10. The molecular formula is C21H26N2OS. The number of rotatable bonds is 5. The predicted octanol–water partition coefficient (Wildman–Crippen LogP) is 4.56. The number of hydrogen-bond acceptors (Lipinski definition) is 3. The molecule has 4 aliphatic carbocycles. The second-order valence-electron chi connectivity index (χ2n) is 8.77. The number of thiazole rings is 1. The summed E-state index contributed by atoms with van der Waals surface area (Å²) in [5, 5.41) is 4.36. The molecule has 3 nitrogen and oxygen atoms in total. The van der Waals surface area contributed by atoms with Gasteiger partial charge < -0.3 is 5.32 Å². The highest BCUT2D eigenvalue weighted by Crippen LogP contribution is 2.59. The van der Waals surface area contributed by atoms with Crippen LogP contribution in [0.3, 0.4) is 0 Å². The Morgan fingerprint density at radius 1 is 1.12 bits per heavy atom. The summed E-state index contributed by atoms with van der Waals surface area (Å²) in [5.41, 5.74) is 1.48. The van der Waals surface area contributed by atoms with Crippen molar-refractivity contribution in [2.75, 3.05) is 6.54 Å². The number of nitrogens with zero attached hydrogens (tertiary/aromatic N) is 1. The monoisotopic (exact) mass is 354 g/mol. The molecule has 1 aromatic heterocycles. The van der Waals surface area contributed by atoms with Gasteiger partial charge in [-0.2, -0.15) is 0 Å². The van der Waals surface area contributed by atoms with Gasteiger partial charge in [0.1, 0.15) is 0 Å². The Morgan fingerprint density at radius 2 is 1.80 bits per heavy atom. The zero-order chi connectivity index (χ0) is 16.9. The predicted molar refractivity (Wildman–Crippen MR) is 102 cm³/mol. The van der Waals surface area contributed by atoms with Gasteiger partial charge >= 0.3 is 0 Å². The van der Waals surface area contributed by atoms with Crippen LogP contribution in [0.15, 0.2) is 24.3 Å². The summed E-state index contributed by atoms with van der Waals surface area (Å²) in [5.74, 6) is 3.05. The zero-order valence-corrected chi connectivity index (χ0v) is 15.5. The molecule has 25 heavy (non-hydrogen) atoms. The van der Waals surface area contributed by atoms with Crippen LogP contribution in [-0.4, -0.2) is 17.4 Å². The molecule has 4 saturated carbocycles. The molecule has 0 radical (unpaired) electrons. The first kappa shape index (κ1) is 15.8. The van der Waals surface area contributed by atoms with Gasteiger partial charge in [0.05, 0.1) is 15.2 Å². The molecular weight excluding hydrogens is 328 g/mol. The molecule has 1 N–H and O–H groups in total. The number of nitrogens with one attached hydrogen (secondary N) is 1. The van der Waals surface area contributed by atoms with E-state index < -0.39 is 0 Å². The second-order valence-corrected chi connectivity index (χ2v) is 9.88. The van der Waals surface area contributed by atoms with Crippen LogP contribution < -0.4 is 5.32 Å². The van der Waals surface area contributed by atoms with Crippen LogP contribution >= 0.6 is 11.3 Å². The molecule has 1 heterocycles. The van der Waals surface area contributed by atoms with E-state index in [1.807, 2.05) is 18.2 Å². The summed E-state index contributed by atoms with van der Waals surface area (Å²) in [7, 11) is 0. The molecule has 6 rings (SSSR count). The van der Waals surface area contributed by atoms with Gasteiger partial charge in [0.2, 0.25) is 5.91 Å². The Hall–Kier alpha value is -1.42. The van der Waals surface area contributed by atoms with E-state index in [4.69, 9.17) is 0 Å². The molecule has 0 saturated heterocycles. The van der Waals surface area contributed by atoms with Crippen molar-refractivity contribution in [3.05, 3.63) is 29.3 Å². The molecule has 0 atom stereocenters. The molecule has 132 valence electrons. The smallest absolute Gasteiger partial charge is 0.220 e. The minimum absolute atomic E-state index is 0.204. The Labute approximate surface area is 153 Å². The molecule has 1 amide bonds. The third-order valence-corrected chi connectivity index (χ3v) is 7.83. The first-order valence-electron chi connectivity index (χ1n) is 9.79. The van der Waals surface area contributed by atoms with Gasteiger partial charge in [-0.25, -0.2) is 4.98 Å². The van der Waals surface area contributed by atoms with Crippen LogP contribution in [0.5, 0.6) is 0 Å². The lowest BCUT2D eigenvalue weighted by molar-refractivity contribution is -0.123. The lowest BCUT2D eigenvalue weighted by Crippen LogP contribution is -2.51. The number of aromatic nitrogens is 1. The topological polar surface area (TPSA) is 42.0 Å². The van der Waals surface area contributed by atoms with E-state index in [9.17, 15) is 4.79 Å². The molecule has 4 heteroatoms. The van der Waals surface area contributed by atoms with Crippen molar-refractivity contribution in [3.63, 3.8) is 0 Å². The Kier molecular flexibility index (Phi) is 3.85. The summed E-state index contributed by atoms with van der Waals surface area (Å²) >= 11 is 1.71. The highest BCUT2D eigenvalue weighted by molar-refractivity contribution is 7.18. The molecule has 0 aliphatic heterocycles. The van der Waals surface area contributed by atoms with Crippen LogP contribution in [-0.2, 0) is 11.2 Å². The van der Waals surface area contributed by atoms with Crippen molar-refractivity contribution in [1.29, 1.82) is 0 Å². The lowest BCUT2D eigenvalue weighted by atomic mass is 9.49. The Morgan fingerprint density at radius 3 is 2.48 bits per heavy atom. The largest absolute Gasteiger partial charge is 0.356 e. The van der Waals surface area contributed by atoms with Crippen LogP contribution in [0.2, 0.25) is 0 Å². The van der Waals surface area contributed by atoms with E-state index in [0.29, 0.717) is 11.8 Å². The first-order valence-corrected chi connectivity index (χ1v) is 10.6. The highest BCUT2D eigenvalue weighted by Gasteiger charge is 2.50. The summed E-state index contributed by atoms with van der Waals surface area (Å²) in [6.07, 6.45) is 9.78. The summed E-state index contributed by atoms with van der Waals surface area (Å²) in [6, 6.07) is 8.21. The maximum Gasteiger partial charge on any atom is 0.220 e. The molecule has 0 spiro atoms. The van der Waals surface area contributed by atoms with Crippen molar-refractivity contribution < 1.29 is 4.79 Å². The maximum absolute atomic E-state index is 12.4. The Balaban J connectivity index is 1.16. The van der Waals surface area contributed by atoms with Gasteiger partial charge in [0.25, 0.3) is 0 Å². The fraction of sp³-hybridized carbons (Fsp3) is 0.619. The van der Waals surface area contributed by atoms with Crippen molar-refractivity contribution in [1.82, 2.24) is 10.3 Å². The number of hydrogen-bond donors (Lipinski definition) is 1.